The normalized spacial score (nSPS) is 19.8. The summed E-state index contributed by atoms with van der Waals surface area (Å²) in [6, 6.07) is 8.02. The van der Waals surface area contributed by atoms with E-state index in [-0.39, 0.29) is 6.10 Å². The minimum Gasteiger partial charge on any atom is -0.387 e. The summed E-state index contributed by atoms with van der Waals surface area (Å²) >= 11 is 0. The molecule has 1 saturated heterocycles. The van der Waals surface area contributed by atoms with Crippen LogP contribution in [-0.4, -0.2) is 40.9 Å². The number of nitrogens with zero attached hydrogens (tertiary/aromatic N) is 2. The van der Waals surface area contributed by atoms with Gasteiger partial charge >= 0.3 is 0 Å². The predicted molar refractivity (Wildman–Crippen MR) is 91.7 cm³/mol. The topological polar surface area (TPSA) is 58.7 Å². The number of β-amino-alcohol motifs (C(OH)–C–C–N with tert-alkyl or cyclic N) is 1. The van der Waals surface area contributed by atoms with E-state index >= 15 is 0 Å². The number of hydrogen-bond acceptors (Lipinski definition) is 5. The molecule has 2 heterocycles. The summed E-state index contributed by atoms with van der Waals surface area (Å²) in [4.78, 5) is 2.27. The van der Waals surface area contributed by atoms with Crippen LogP contribution in [0.2, 0.25) is 0 Å². The molecule has 1 aromatic carbocycles. The Morgan fingerprint density at radius 2 is 2.12 bits per heavy atom. The van der Waals surface area contributed by atoms with Gasteiger partial charge in [-0.15, -0.1) is 0 Å². The molecule has 0 bridgehead atoms. The minimum atomic E-state index is -0.451. The molecule has 1 aromatic heterocycles. The molecule has 0 amide bonds. The monoisotopic (exact) mass is 330 g/mol. The van der Waals surface area contributed by atoms with Gasteiger partial charge in [0.1, 0.15) is 5.76 Å². The molecule has 2 aromatic rings. The fraction of sp³-hybridized carbons (Fsp3) is 0.526. The molecule has 0 saturated carbocycles. The number of aliphatic hydroxyl groups is 1. The Labute approximate surface area is 143 Å². The molecule has 24 heavy (non-hydrogen) atoms. The zero-order valence-electron chi connectivity index (χ0n) is 14.7. The highest BCUT2D eigenvalue weighted by molar-refractivity contribution is 5.27. The summed E-state index contributed by atoms with van der Waals surface area (Å²) in [7, 11) is 0. The molecule has 0 aliphatic carbocycles. The zero-order chi connectivity index (χ0) is 17.1. The van der Waals surface area contributed by atoms with Gasteiger partial charge in [-0.3, -0.25) is 4.90 Å². The SMILES string of the molecule is Cc1ccccc1C(O)CN1CCC(OCc2c(C)noc2C)C1. The lowest BCUT2D eigenvalue weighted by atomic mass is 10.0. The van der Waals surface area contributed by atoms with Crippen LogP contribution in [0.15, 0.2) is 28.8 Å². The molecule has 1 N–H and O–H groups in total. The number of aliphatic hydroxyl groups excluding tert-OH is 1. The van der Waals surface area contributed by atoms with Crippen molar-refractivity contribution in [3.63, 3.8) is 0 Å². The molecular formula is C19H26N2O3. The lowest BCUT2D eigenvalue weighted by molar-refractivity contribution is 0.0409. The summed E-state index contributed by atoms with van der Waals surface area (Å²) < 4.78 is 11.2. The molecule has 1 aliphatic heterocycles. The van der Waals surface area contributed by atoms with Crippen LogP contribution < -0.4 is 0 Å². The third kappa shape index (κ3) is 3.86. The van der Waals surface area contributed by atoms with Gasteiger partial charge in [-0.25, -0.2) is 0 Å². The number of aryl methyl sites for hydroxylation is 3. The first-order valence-electron chi connectivity index (χ1n) is 8.54. The van der Waals surface area contributed by atoms with Crippen LogP contribution in [0.1, 0.15) is 40.7 Å². The summed E-state index contributed by atoms with van der Waals surface area (Å²) in [6.45, 7) is 8.89. The molecule has 3 rings (SSSR count). The van der Waals surface area contributed by atoms with E-state index in [1.165, 1.54) is 0 Å². The first-order valence-corrected chi connectivity index (χ1v) is 8.54. The van der Waals surface area contributed by atoms with E-state index in [1.54, 1.807) is 0 Å². The van der Waals surface area contributed by atoms with E-state index in [1.807, 2.05) is 45.0 Å². The molecule has 2 atom stereocenters. The van der Waals surface area contributed by atoms with Gasteiger partial charge < -0.3 is 14.4 Å². The van der Waals surface area contributed by atoms with Gasteiger partial charge in [0.2, 0.25) is 0 Å². The van der Waals surface area contributed by atoms with Crippen molar-refractivity contribution < 1.29 is 14.4 Å². The number of ether oxygens (including phenoxy) is 1. The summed E-state index contributed by atoms with van der Waals surface area (Å²) in [5.74, 6) is 0.831. The van der Waals surface area contributed by atoms with Crippen LogP contribution in [0.5, 0.6) is 0 Å². The number of aromatic nitrogens is 1. The van der Waals surface area contributed by atoms with E-state index in [0.29, 0.717) is 13.2 Å². The second kappa shape index (κ2) is 7.47. The van der Waals surface area contributed by atoms with Crippen molar-refractivity contribution in [2.24, 2.45) is 0 Å². The number of likely N-dealkylation sites (tertiary alicyclic amines) is 1. The van der Waals surface area contributed by atoms with Crippen LogP contribution in [0.4, 0.5) is 0 Å². The van der Waals surface area contributed by atoms with Gasteiger partial charge in [0.15, 0.2) is 0 Å². The second-order valence-corrected chi connectivity index (χ2v) is 6.66. The Hall–Kier alpha value is -1.69. The second-order valence-electron chi connectivity index (χ2n) is 6.66. The molecule has 2 unspecified atom stereocenters. The van der Waals surface area contributed by atoms with E-state index in [2.05, 4.69) is 10.1 Å². The molecule has 1 fully saturated rings. The molecule has 0 spiro atoms. The van der Waals surface area contributed by atoms with Gasteiger partial charge in [-0.2, -0.15) is 0 Å². The summed E-state index contributed by atoms with van der Waals surface area (Å²) in [6.07, 6.45) is 0.736. The Morgan fingerprint density at radius 3 is 2.83 bits per heavy atom. The highest BCUT2D eigenvalue weighted by Gasteiger charge is 2.26. The first kappa shape index (κ1) is 17.1. The standard InChI is InChI=1S/C19H26N2O3/c1-13-6-4-5-7-17(13)19(22)11-21-9-8-16(10-21)23-12-18-14(2)20-24-15(18)3/h4-7,16,19,22H,8-12H2,1-3H3. The molecular weight excluding hydrogens is 304 g/mol. The average Bonchev–Trinajstić information content (AvgIpc) is 3.13. The predicted octanol–water partition coefficient (Wildman–Crippen LogP) is 2.92. The molecule has 0 radical (unpaired) electrons. The van der Waals surface area contributed by atoms with Gasteiger partial charge in [0.05, 0.1) is 24.5 Å². The Bertz CT molecular complexity index is 664. The van der Waals surface area contributed by atoms with Crippen LogP contribution >= 0.6 is 0 Å². The van der Waals surface area contributed by atoms with Crippen molar-refractivity contribution in [2.45, 2.75) is 46.0 Å². The van der Waals surface area contributed by atoms with E-state index in [0.717, 1.165) is 47.7 Å². The first-order chi connectivity index (χ1) is 11.5. The van der Waals surface area contributed by atoms with Crippen molar-refractivity contribution in [2.75, 3.05) is 19.6 Å². The Morgan fingerprint density at radius 1 is 1.33 bits per heavy atom. The van der Waals surface area contributed by atoms with Gasteiger partial charge in [-0.1, -0.05) is 29.4 Å². The highest BCUT2D eigenvalue weighted by Crippen LogP contribution is 2.22. The van der Waals surface area contributed by atoms with Crippen molar-refractivity contribution >= 4 is 0 Å². The van der Waals surface area contributed by atoms with Crippen molar-refractivity contribution in [3.05, 3.63) is 52.4 Å². The Balaban J connectivity index is 1.50. The highest BCUT2D eigenvalue weighted by atomic mass is 16.5. The van der Waals surface area contributed by atoms with Crippen LogP contribution in [0, 0.1) is 20.8 Å². The van der Waals surface area contributed by atoms with Crippen molar-refractivity contribution in [3.8, 4) is 0 Å². The fourth-order valence-corrected chi connectivity index (χ4v) is 3.31. The van der Waals surface area contributed by atoms with Crippen LogP contribution in [0.3, 0.4) is 0 Å². The third-order valence-electron chi connectivity index (χ3n) is 4.85. The van der Waals surface area contributed by atoms with E-state index < -0.39 is 6.10 Å². The maximum absolute atomic E-state index is 10.5. The third-order valence-corrected chi connectivity index (χ3v) is 4.85. The van der Waals surface area contributed by atoms with Gasteiger partial charge in [-0.05, 0) is 38.3 Å². The van der Waals surface area contributed by atoms with Crippen LogP contribution in [0.25, 0.3) is 0 Å². The van der Waals surface area contributed by atoms with Gasteiger partial charge in [0, 0.05) is 25.2 Å². The van der Waals surface area contributed by atoms with Crippen LogP contribution in [-0.2, 0) is 11.3 Å². The van der Waals surface area contributed by atoms with Gasteiger partial charge in [0.25, 0.3) is 0 Å². The van der Waals surface area contributed by atoms with Crippen molar-refractivity contribution in [1.29, 1.82) is 0 Å². The minimum absolute atomic E-state index is 0.197. The molecule has 5 nitrogen and oxygen atoms in total. The molecule has 130 valence electrons. The lowest BCUT2D eigenvalue weighted by Crippen LogP contribution is -2.28. The summed E-state index contributed by atoms with van der Waals surface area (Å²) in [5, 5.41) is 14.5. The summed E-state index contributed by atoms with van der Waals surface area (Å²) in [5.41, 5.74) is 4.10. The molecule has 5 heteroatoms. The van der Waals surface area contributed by atoms with E-state index in [4.69, 9.17) is 9.26 Å². The fourth-order valence-electron chi connectivity index (χ4n) is 3.31. The number of rotatable bonds is 6. The number of benzene rings is 1. The quantitative estimate of drug-likeness (QED) is 0.882. The largest absolute Gasteiger partial charge is 0.387 e. The van der Waals surface area contributed by atoms with E-state index in [9.17, 15) is 5.11 Å². The average molecular weight is 330 g/mol. The maximum atomic E-state index is 10.5. The Kier molecular flexibility index (Phi) is 5.33. The number of hydrogen-bond donors (Lipinski definition) is 1. The maximum Gasteiger partial charge on any atom is 0.139 e. The smallest absolute Gasteiger partial charge is 0.139 e. The lowest BCUT2D eigenvalue weighted by Gasteiger charge is -2.21. The zero-order valence-corrected chi connectivity index (χ0v) is 14.7. The van der Waals surface area contributed by atoms with Crippen molar-refractivity contribution in [1.82, 2.24) is 10.1 Å². The molecule has 1 aliphatic rings.